The third-order valence-electron chi connectivity index (χ3n) is 5.69. The molecule has 1 N–H and O–H groups in total. The molecular weight excluding hydrogens is 454 g/mol. The van der Waals surface area contributed by atoms with Crippen molar-refractivity contribution in [3.8, 4) is 0 Å². The lowest BCUT2D eigenvalue weighted by atomic mass is 10.0. The molecule has 0 spiro atoms. The van der Waals surface area contributed by atoms with E-state index >= 15 is 0 Å². The predicted molar refractivity (Wildman–Crippen MR) is 133 cm³/mol. The quantitative estimate of drug-likeness (QED) is 0.589. The van der Waals surface area contributed by atoms with Gasteiger partial charge < -0.3 is 9.64 Å². The number of nitrogens with one attached hydrogen (secondary N) is 1. The molecule has 8 heteroatoms. The molecule has 0 atom stereocenters. The average Bonchev–Trinajstić information content (AvgIpc) is 2.77. The Bertz CT molecular complexity index is 1010. The molecule has 0 aliphatic carbocycles. The second-order valence-corrected chi connectivity index (χ2v) is 9.68. The van der Waals surface area contributed by atoms with Gasteiger partial charge in [-0.3, -0.25) is 19.8 Å². The SMILES string of the molecule is CC(=O)CC(C)(C)OC(=O)Nc1cccc(C(=O)N2CCN(CCc3ccc(Cl)cc3)CC2)c1. The van der Waals surface area contributed by atoms with Crippen LogP contribution in [0.2, 0.25) is 5.02 Å². The van der Waals surface area contributed by atoms with Crippen LogP contribution in [0, 0.1) is 0 Å². The van der Waals surface area contributed by atoms with Crippen LogP contribution in [0.1, 0.15) is 43.1 Å². The van der Waals surface area contributed by atoms with Gasteiger partial charge in [0.25, 0.3) is 5.91 Å². The van der Waals surface area contributed by atoms with Crippen LogP contribution in [0.25, 0.3) is 0 Å². The molecule has 1 heterocycles. The van der Waals surface area contributed by atoms with Crippen LogP contribution in [0.15, 0.2) is 48.5 Å². The van der Waals surface area contributed by atoms with Crippen molar-refractivity contribution >= 4 is 35.1 Å². The summed E-state index contributed by atoms with van der Waals surface area (Å²) in [6, 6.07) is 14.7. The Kier molecular flexibility index (Phi) is 8.69. The molecule has 2 amide bonds. The molecule has 7 nitrogen and oxygen atoms in total. The number of ketones is 1. The zero-order chi connectivity index (χ0) is 24.7. The van der Waals surface area contributed by atoms with Gasteiger partial charge in [-0.1, -0.05) is 29.8 Å². The van der Waals surface area contributed by atoms with Gasteiger partial charge in [-0.2, -0.15) is 0 Å². The van der Waals surface area contributed by atoms with Crippen LogP contribution in [-0.4, -0.2) is 65.9 Å². The Balaban J connectivity index is 1.49. The molecule has 34 heavy (non-hydrogen) atoms. The average molecular weight is 486 g/mol. The number of hydrogen-bond acceptors (Lipinski definition) is 5. The molecule has 0 aromatic heterocycles. The first-order valence-electron chi connectivity index (χ1n) is 11.5. The van der Waals surface area contributed by atoms with Crippen molar-refractivity contribution in [2.45, 2.75) is 39.2 Å². The number of benzene rings is 2. The molecule has 1 aliphatic heterocycles. The monoisotopic (exact) mass is 485 g/mol. The van der Waals surface area contributed by atoms with E-state index in [4.69, 9.17) is 16.3 Å². The highest BCUT2D eigenvalue weighted by Gasteiger charge is 2.25. The van der Waals surface area contributed by atoms with Gasteiger partial charge in [-0.15, -0.1) is 0 Å². The number of amides is 2. The van der Waals surface area contributed by atoms with Crippen molar-refractivity contribution in [3.05, 3.63) is 64.7 Å². The summed E-state index contributed by atoms with van der Waals surface area (Å²) >= 11 is 5.95. The Morgan fingerprint density at radius 1 is 1.03 bits per heavy atom. The lowest BCUT2D eigenvalue weighted by Crippen LogP contribution is -2.49. The molecule has 0 radical (unpaired) electrons. The first kappa shape index (κ1) is 25.7. The van der Waals surface area contributed by atoms with Gasteiger partial charge in [0.1, 0.15) is 11.4 Å². The minimum absolute atomic E-state index is 0.0597. The Morgan fingerprint density at radius 2 is 1.71 bits per heavy atom. The van der Waals surface area contributed by atoms with Crippen LogP contribution in [0.4, 0.5) is 10.5 Å². The molecule has 0 unspecified atom stereocenters. The highest BCUT2D eigenvalue weighted by atomic mass is 35.5. The number of hydrogen-bond donors (Lipinski definition) is 1. The summed E-state index contributed by atoms with van der Waals surface area (Å²) in [7, 11) is 0. The van der Waals surface area contributed by atoms with Crippen molar-refractivity contribution in [1.29, 1.82) is 0 Å². The van der Waals surface area contributed by atoms with Crippen LogP contribution in [-0.2, 0) is 16.0 Å². The van der Waals surface area contributed by atoms with Crippen LogP contribution < -0.4 is 5.32 Å². The van der Waals surface area contributed by atoms with Gasteiger partial charge >= 0.3 is 6.09 Å². The van der Waals surface area contributed by atoms with Crippen molar-refractivity contribution in [3.63, 3.8) is 0 Å². The summed E-state index contributed by atoms with van der Waals surface area (Å²) < 4.78 is 5.36. The zero-order valence-electron chi connectivity index (χ0n) is 20.0. The lowest BCUT2D eigenvalue weighted by Gasteiger charge is -2.34. The molecule has 3 rings (SSSR count). The van der Waals surface area contributed by atoms with Crippen LogP contribution in [0.5, 0.6) is 0 Å². The maximum Gasteiger partial charge on any atom is 0.412 e. The van der Waals surface area contributed by atoms with E-state index in [0.717, 1.165) is 31.1 Å². The van der Waals surface area contributed by atoms with Gasteiger partial charge in [-0.25, -0.2) is 4.79 Å². The Hall–Kier alpha value is -2.90. The van der Waals surface area contributed by atoms with Gasteiger partial charge in [-0.05, 0) is 63.1 Å². The van der Waals surface area contributed by atoms with Gasteiger partial charge in [0.2, 0.25) is 0 Å². The van der Waals surface area contributed by atoms with E-state index in [0.29, 0.717) is 24.3 Å². The fourth-order valence-corrected chi connectivity index (χ4v) is 4.18. The normalized spacial score (nSPS) is 14.5. The van der Waals surface area contributed by atoms with E-state index in [1.54, 1.807) is 38.1 Å². The molecule has 2 aromatic carbocycles. The maximum atomic E-state index is 13.0. The molecular formula is C26H32ClN3O4. The van der Waals surface area contributed by atoms with Crippen molar-refractivity contribution in [1.82, 2.24) is 9.80 Å². The third kappa shape index (κ3) is 7.85. The summed E-state index contributed by atoms with van der Waals surface area (Å²) in [6.07, 6.45) is 0.410. The number of anilines is 1. The molecule has 0 saturated carbocycles. The van der Waals surface area contributed by atoms with E-state index in [-0.39, 0.29) is 18.1 Å². The smallest absolute Gasteiger partial charge is 0.412 e. The summed E-state index contributed by atoms with van der Waals surface area (Å²) in [5.74, 6) is -0.123. The molecule has 1 saturated heterocycles. The van der Waals surface area contributed by atoms with E-state index in [1.165, 1.54) is 12.5 Å². The van der Waals surface area contributed by atoms with Gasteiger partial charge in [0, 0.05) is 55.4 Å². The highest BCUT2D eigenvalue weighted by Crippen LogP contribution is 2.19. The fourth-order valence-electron chi connectivity index (χ4n) is 4.06. The van der Waals surface area contributed by atoms with Crippen LogP contribution >= 0.6 is 11.6 Å². The predicted octanol–water partition coefficient (Wildman–Crippen LogP) is 4.65. The summed E-state index contributed by atoms with van der Waals surface area (Å²) in [6.45, 7) is 8.69. The number of nitrogens with zero attached hydrogens (tertiary/aromatic N) is 2. The molecule has 1 aliphatic rings. The summed E-state index contributed by atoms with van der Waals surface area (Å²) in [5.41, 5.74) is 1.32. The maximum absolute atomic E-state index is 13.0. The van der Waals surface area contributed by atoms with E-state index < -0.39 is 11.7 Å². The number of carbonyl (C=O) groups excluding carboxylic acids is 3. The molecule has 2 aromatic rings. The minimum Gasteiger partial charge on any atom is -0.443 e. The number of halogens is 1. The summed E-state index contributed by atoms with van der Waals surface area (Å²) in [4.78, 5) is 40.8. The van der Waals surface area contributed by atoms with E-state index in [2.05, 4.69) is 10.2 Å². The molecule has 1 fully saturated rings. The number of piperazine rings is 1. The first-order valence-corrected chi connectivity index (χ1v) is 11.8. The summed E-state index contributed by atoms with van der Waals surface area (Å²) in [5, 5.41) is 3.39. The molecule has 0 bridgehead atoms. The minimum atomic E-state index is -0.906. The Labute approximate surface area is 206 Å². The van der Waals surface area contributed by atoms with E-state index in [1.807, 2.05) is 29.2 Å². The molecule has 182 valence electrons. The third-order valence-corrected chi connectivity index (χ3v) is 5.94. The standard InChI is InChI=1S/C26H32ClN3O4/c1-19(31)18-26(2,3)34-25(33)28-23-6-4-5-21(17-23)24(32)30-15-13-29(14-16-30)12-11-20-7-9-22(27)10-8-20/h4-10,17H,11-16,18H2,1-3H3,(H,28,33). The Morgan fingerprint density at radius 3 is 2.35 bits per heavy atom. The largest absolute Gasteiger partial charge is 0.443 e. The highest BCUT2D eigenvalue weighted by molar-refractivity contribution is 6.30. The van der Waals surface area contributed by atoms with Gasteiger partial charge in [0.05, 0.1) is 0 Å². The number of Topliss-reactive ketones (excluding diaryl/α,β-unsaturated/α-hetero) is 1. The van der Waals surface area contributed by atoms with Crippen molar-refractivity contribution < 1.29 is 19.1 Å². The van der Waals surface area contributed by atoms with Crippen LogP contribution in [0.3, 0.4) is 0 Å². The van der Waals surface area contributed by atoms with Crippen molar-refractivity contribution in [2.75, 3.05) is 38.0 Å². The fraction of sp³-hybridized carbons (Fsp3) is 0.423. The first-order chi connectivity index (χ1) is 16.1. The lowest BCUT2D eigenvalue weighted by molar-refractivity contribution is -0.120. The number of carbonyl (C=O) groups is 3. The van der Waals surface area contributed by atoms with Crippen molar-refractivity contribution in [2.24, 2.45) is 0 Å². The zero-order valence-corrected chi connectivity index (χ0v) is 20.7. The second kappa shape index (κ2) is 11.5. The van der Waals surface area contributed by atoms with Gasteiger partial charge in [0.15, 0.2) is 0 Å². The topological polar surface area (TPSA) is 78.9 Å². The second-order valence-electron chi connectivity index (χ2n) is 9.24. The number of rotatable bonds is 8. The number of ether oxygens (including phenoxy) is 1. The van der Waals surface area contributed by atoms with E-state index in [9.17, 15) is 14.4 Å².